The van der Waals surface area contributed by atoms with E-state index in [2.05, 4.69) is 126 Å². The van der Waals surface area contributed by atoms with Gasteiger partial charge >= 0.3 is 0 Å². The van der Waals surface area contributed by atoms with E-state index < -0.39 is 0 Å². The summed E-state index contributed by atoms with van der Waals surface area (Å²) in [5, 5.41) is 4.88. The van der Waals surface area contributed by atoms with E-state index in [-0.39, 0.29) is 0 Å². The van der Waals surface area contributed by atoms with Crippen LogP contribution in [-0.4, -0.2) is 15.0 Å². The van der Waals surface area contributed by atoms with Gasteiger partial charge in [0.05, 0.1) is 5.69 Å². The minimum atomic E-state index is 0.575. The van der Waals surface area contributed by atoms with E-state index in [1.807, 2.05) is 35.6 Å². The fourth-order valence-corrected chi connectivity index (χ4v) is 8.44. The Morgan fingerprint density at radius 3 is 1.89 bits per heavy atom. The average molecular weight is 613 g/mol. The molecule has 0 radical (unpaired) electrons. The number of para-hydroxylation sites is 1. The molecule has 9 aromatic rings. The lowest BCUT2D eigenvalue weighted by molar-refractivity contribution is 1.03. The first-order chi connectivity index (χ1) is 22.3. The van der Waals surface area contributed by atoms with E-state index in [0.717, 1.165) is 22.5 Å². The van der Waals surface area contributed by atoms with Gasteiger partial charge < -0.3 is 0 Å². The number of anilines is 3. The van der Waals surface area contributed by atoms with Crippen molar-refractivity contribution in [3.05, 3.63) is 146 Å². The van der Waals surface area contributed by atoms with E-state index >= 15 is 0 Å². The number of thiophene rings is 2. The molecule has 3 aromatic heterocycles. The molecule has 4 nitrogen and oxygen atoms in total. The monoisotopic (exact) mass is 612 g/mol. The number of hydrogen-bond donors (Lipinski definition) is 0. The Kier molecular flexibility index (Phi) is 6.14. The van der Waals surface area contributed by atoms with Crippen LogP contribution < -0.4 is 4.90 Å². The fourth-order valence-electron chi connectivity index (χ4n) is 6.11. The molecular formula is C39H24N4S2. The van der Waals surface area contributed by atoms with Crippen LogP contribution in [-0.2, 0) is 0 Å². The van der Waals surface area contributed by atoms with E-state index in [0.29, 0.717) is 17.6 Å². The van der Waals surface area contributed by atoms with Crippen LogP contribution in [0.3, 0.4) is 0 Å². The molecule has 0 fully saturated rings. The number of rotatable bonds is 5. The third-order valence-corrected chi connectivity index (χ3v) is 10.5. The second-order valence-electron chi connectivity index (χ2n) is 10.8. The van der Waals surface area contributed by atoms with Gasteiger partial charge in [0.25, 0.3) is 0 Å². The number of aromatic nitrogens is 3. The predicted octanol–water partition coefficient (Wildman–Crippen LogP) is 11.4. The van der Waals surface area contributed by atoms with Gasteiger partial charge in [-0.25, -0.2) is 4.98 Å². The molecule has 0 aliphatic heterocycles. The van der Waals surface area contributed by atoms with Crippen LogP contribution in [0.4, 0.5) is 17.3 Å². The van der Waals surface area contributed by atoms with Crippen molar-refractivity contribution in [2.75, 3.05) is 4.90 Å². The molecule has 0 N–H and O–H groups in total. The molecule has 212 valence electrons. The summed E-state index contributed by atoms with van der Waals surface area (Å²) in [5.41, 5.74) is 3.96. The van der Waals surface area contributed by atoms with Crippen molar-refractivity contribution in [3.8, 4) is 22.8 Å². The Balaban J connectivity index is 1.35. The van der Waals surface area contributed by atoms with Crippen molar-refractivity contribution in [3.63, 3.8) is 0 Å². The first-order valence-corrected chi connectivity index (χ1v) is 16.4. The number of hydrogen-bond acceptors (Lipinski definition) is 6. The molecule has 9 rings (SSSR count). The molecule has 0 spiro atoms. The van der Waals surface area contributed by atoms with E-state index in [1.165, 1.54) is 40.3 Å². The zero-order valence-corrected chi connectivity index (χ0v) is 25.6. The quantitative estimate of drug-likeness (QED) is 0.194. The molecule has 6 aromatic carbocycles. The van der Waals surface area contributed by atoms with Crippen LogP contribution in [0.5, 0.6) is 0 Å². The van der Waals surface area contributed by atoms with Crippen molar-refractivity contribution < 1.29 is 0 Å². The number of fused-ring (bicyclic) bond motifs is 6. The summed E-state index contributed by atoms with van der Waals surface area (Å²) < 4.78 is 4.90. The molecular weight excluding hydrogens is 589 g/mol. The first-order valence-electron chi connectivity index (χ1n) is 14.8. The summed E-state index contributed by atoms with van der Waals surface area (Å²) in [7, 11) is 0. The van der Waals surface area contributed by atoms with Gasteiger partial charge in [-0.1, -0.05) is 103 Å². The van der Waals surface area contributed by atoms with Gasteiger partial charge in [0.1, 0.15) is 0 Å². The van der Waals surface area contributed by atoms with Crippen LogP contribution >= 0.6 is 22.7 Å². The third-order valence-electron chi connectivity index (χ3n) is 8.14. The second-order valence-corrected chi connectivity index (χ2v) is 13.0. The molecule has 0 unspecified atom stereocenters. The van der Waals surface area contributed by atoms with Crippen molar-refractivity contribution in [2.24, 2.45) is 0 Å². The topological polar surface area (TPSA) is 41.9 Å². The lowest BCUT2D eigenvalue weighted by Gasteiger charge is -2.25. The Morgan fingerprint density at radius 2 is 1.07 bits per heavy atom. The molecule has 0 atom stereocenters. The zero-order chi connectivity index (χ0) is 29.7. The SMILES string of the molecule is c1ccc(-c2nc(-c3cccc4c3sc3ccccc34)nc(N(c3ccccc3)c3cccc4sc5ccccc5c34)n2)cc1. The number of benzene rings is 6. The normalized spacial score (nSPS) is 11.6. The molecule has 0 saturated carbocycles. The Bertz CT molecular complexity index is 2500. The van der Waals surface area contributed by atoms with Crippen LogP contribution in [0.1, 0.15) is 0 Å². The molecule has 0 saturated heterocycles. The summed E-state index contributed by atoms with van der Waals surface area (Å²) in [5.74, 6) is 1.86. The van der Waals surface area contributed by atoms with E-state index in [4.69, 9.17) is 15.0 Å². The highest BCUT2D eigenvalue weighted by atomic mass is 32.1. The maximum absolute atomic E-state index is 5.29. The van der Waals surface area contributed by atoms with E-state index in [9.17, 15) is 0 Å². The van der Waals surface area contributed by atoms with Crippen molar-refractivity contribution >= 4 is 80.3 Å². The highest BCUT2D eigenvalue weighted by molar-refractivity contribution is 7.26. The summed E-state index contributed by atoms with van der Waals surface area (Å²) in [4.78, 5) is 17.8. The maximum Gasteiger partial charge on any atom is 0.238 e. The van der Waals surface area contributed by atoms with E-state index in [1.54, 1.807) is 11.3 Å². The lowest BCUT2D eigenvalue weighted by Crippen LogP contribution is -2.15. The molecule has 0 amide bonds. The summed E-state index contributed by atoms with van der Waals surface area (Å²) in [6.07, 6.45) is 0. The van der Waals surface area contributed by atoms with Crippen molar-refractivity contribution in [1.29, 1.82) is 0 Å². The highest BCUT2D eigenvalue weighted by Crippen LogP contribution is 2.45. The summed E-state index contributed by atoms with van der Waals surface area (Å²) in [6, 6.07) is 50.7. The van der Waals surface area contributed by atoms with Crippen LogP contribution in [0.15, 0.2) is 146 Å². The average Bonchev–Trinajstić information content (AvgIpc) is 3.68. The zero-order valence-electron chi connectivity index (χ0n) is 24.0. The summed E-state index contributed by atoms with van der Waals surface area (Å²) in [6.45, 7) is 0. The van der Waals surface area contributed by atoms with Gasteiger partial charge in [0.15, 0.2) is 11.6 Å². The highest BCUT2D eigenvalue weighted by Gasteiger charge is 2.23. The van der Waals surface area contributed by atoms with Crippen molar-refractivity contribution in [2.45, 2.75) is 0 Å². The van der Waals surface area contributed by atoms with Crippen LogP contribution in [0.2, 0.25) is 0 Å². The van der Waals surface area contributed by atoms with Gasteiger partial charge in [-0.2, -0.15) is 9.97 Å². The Hall–Kier alpha value is -5.43. The molecule has 6 heteroatoms. The molecule has 0 aliphatic carbocycles. The van der Waals surface area contributed by atoms with Gasteiger partial charge in [-0.15, -0.1) is 22.7 Å². The molecule has 0 bridgehead atoms. The standard InChI is InChI=1S/C39H24N4S2/c1-3-13-25(14-4-1)37-40-38(30-20-11-19-28-27-17-7-9-22-32(27)45-36(28)30)42-39(41-37)43(26-15-5-2-6-16-26)31-21-12-24-34-35(31)29-18-8-10-23-33(29)44-34/h1-24H. The Labute approximate surface area is 267 Å². The van der Waals surface area contributed by atoms with Gasteiger partial charge in [0, 0.05) is 57.2 Å². The van der Waals surface area contributed by atoms with Crippen LogP contribution in [0, 0.1) is 0 Å². The number of nitrogens with zero attached hydrogens (tertiary/aromatic N) is 4. The van der Waals surface area contributed by atoms with Gasteiger partial charge in [-0.05, 0) is 42.5 Å². The maximum atomic E-state index is 5.29. The second kappa shape index (κ2) is 10.6. The third kappa shape index (κ3) is 4.38. The molecule has 45 heavy (non-hydrogen) atoms. The predicted molar refractivity (Wildman–Crippen MR) is 191 cm³/mol. The fraction of sp³-hybridized carbons (Fsp3) is 0. The largest absolute Gasteiger partial charge is 0.278 e. The van der Waals surface area contributed by atoms with Crippen molar-refractivity contribution in [1.82, 2.24) is 15.0 Å². The summed E-state index contributed by atoms with van der Waals surface area (Å²) >= 11 is 3.59. The smallest absolute Gasteiger partial charge is 0.238 e. The first kappa shape index (κ1) is 26.0. The minimum absolute atomic E-state index is 0.575. The molecule has 3 heterocycles. The van der Waals surface area contributed by atoms with Gasteiger partial charge in [-0.3, -0.25) is 4.90 Å². The van der Waals surface area contributed by atoms with Crippen LogP contribution in [0.25, 0.3) is 63.1 Å². The lowest BCUT2D eigenvalue weighted by atomic mass is 10.1. The van der Waals surface area contributed by atoms with Gasteiger partial charge in [0.2, 0.25) is 5.95 Å². The molecule has 0 aliphatic rings. The Morgan fingerprint density at radius 1 is 0.444 bits per heavy atom. The minimum Gasteiger partial charge on any atom is -0.278 e.